The normalized spacial score (nSPS) is 11.4. The van der Waals surface area contributed by atoms with Gasteiger partial charge in [-0.2, -0.15) is 0 Å². The zero-order valence-electron chi connectivity index (χ0n) is 10.7. The number of carbonyl (C=O) groups is 1. The monoisotopic (exact) mass is 239 g/mol. The van der Waals surface area contributed by atoms with Crippen LogP contribution >= 0.6 is 0 Å². The smallest absolute Gasteiger partial charge is 0.254 e. The molecule has 0 atom stereocenters. The molecule has 4 heteroatoms. The second kappa shape index (κ2) is 5.27. The van der Waals surface area contributed by atoms with Crippen LogP contribution in [0.15, 0.2) is 24.3 Å². The van der Waals surface area contributed by atoms with Crippen LogP contribution in [-0.4, -0.2) is 30.6 Å². The highest BCUT2D eigenvalue weighted by Crippen LogP contribution is 2.13. The number of hydrogen-bond acceptors (Lipinski definition) is 2. The third-order valence-corrected chi connectivity index (χ3v) is 2.71. The highest BCUT2D eigenvalue weighted by atomic mass is 19.1. The third kappa shape index (κ3) is 3.53. The summed E-state index contributed by atoms with van der Waals surface area (Å²) >= 11 is 0. The predicted molar refractivity (Wildman–Crippen MR) is 64.0 cm³/mol. The van der Waals surface area contributed by atoms with Gasteiger partial charge in [0.25, 0.3) is 5.91 Å². The van der Waals surface area contributed by atoms with E-state index in [0.717, 1.165) is 5.56 Å². The third-order valence-electron chi connectivity index (χ3n) is 2.71. The molecule has 0 spiro atoms. The molecule has 0 aliphatic heterocycles. The zero-order chi connectivity index (χ0) is 13.1. The van der Waals surface area contributed by atoms with Crippen LogP contribution in [0, 0.1) is 5.82 Å². The molecule has 1 amide bonds. The lowest BCUT2D eigenvalue weighted by Crippen LogP contribution is -2.44. The van der Waals surface area contributed by atoms with Crippen LogP contribution in [0.3, 0.4) is 0 Å². The van der Waals surface area contributed by atoms with Crippen molar-refractivity contribution in [2.24, 2.45) is 0 Å². The molecule has 17 heavy (non-hydrogen) atoms. The summed E-state index contributed by atoms with van der Waals surface area (Å²) in [5, 5.41) is 0. The molecule has 0 aliphatic rings. The molecule has 0 N–H and O–H groups in total. The maximum atomic E-state index is 12.7. The molecule has 1 aromatic carbocycles. The summed E-state index contributed by atoms with van der Waals surface area (Å²) in [5.74, 6) is -0.385. The van der Waals surface area contributed by atoms with Crippen LogP contribution in [0.5, 0.6) is 0 Å². The van der Waals surface area contributed by atoms with Crippen LogP contribution in [-0.2, 0) is 16.1 Å². The molecule has 0 unspecified atom stereocenters. The Balaban J connectivity index is 2.69. The van der Waals surface area contributed by atoms with Gasteiger partial charge in [-0.3, -0.25) is 4.79 Å². The summed E-state index contributed by atoms with van der Waals surface area (Å²) in [4.78, 5) is 13.6. The molecular formula is C13H18FNO2. The molecular weight excluding hydrogens is 221 g/mol. The number of carbonyl (C=O) groups excluding carboxylic acids is 1. The van der Waals surface area contributed by atoms with Crippen LogP contribution < -0.4 is 0 Å². The van der Waals surface area contributed by atoms with Gasteiger partial charge in [-0.25, -0.2) is 4.39 Å². The maximum absolute atomic E-state index is 12.7. The Hall–Kier alpha value is -1.42. The fraction of sp³-hybridized carbons (Fsp3) is 0.462. The average Bonchev–Trinajstić information content (AvgIpc) is 2.31. The van der Waals surface area contributed by atoms with Gasteiger partial charge in [0.05, 0.1) is 0 Å². The predicted octanol–water partition coefficient (Wildman–Crippen LogP) is 2.21. The molecule has 1 rings (SSSR count). The number of nitrogens with zero attached hydrogens (tertiary/aromatic N) is 1. The number of amides is 1. The number of halogens is 1. The molecule has 0 radical (unpaired) electrons. The fourth-order valence-corrected chi connectivity index (χ4v) is 1.48. The minimum absolute atomic E-state index is 0.107. The minimum Gasteiger partial charge on any atom is -0.369 e. The topological polar surface area (TPSA) is 29.5 Å². The van der Waals surface area contributed by atoms with Crippen molar-refractivity contribution in [2.45, 2.75) is 26.0 Å². The molecule has 0 saturated carbocycles. The number of ether oxygens (including phenoxy) is 1. The average molecular weight is 239 g/mol. The van der Waals surface area contributed by atoms with Gasteiger partial charge in [0, 0.05) is 20.7 Å². The SMILES string of the molecule is COC(C)(C)C(=O)N(C)Cc1ccc(F)cc1. The number of rotatable bonds is 4. The van der Waals surface area contributed by atoms with Crippen molar-refractivity contribution in [3.8, 4) is 0 Å². The van der Waals surface area contributed by atoms with Crippen molar-refractivity contribution in [3.05, 3.63) is 35.6 Å². The van der Waals surface area contributed by atoms with Crippen LogP contribution in [0.1, 0.15) is 19.4 Å². The van der Waals surface area contributed by atoms with Crippen LogP contribution in [0.4, 0.5) is 4.39 Å². The first-order valence-electron chi connectivity index (χ1n) is 5.42. The van der Waals surface area contributed by atoms with E-state index in [1.165, 1.54) is 19.2 Å². The molecule has 0 fully saturated rings. The van der Waals surface area contributed by atoms with E-state index in [4.69, 9.17) is 4.74 Å². The van der Waals surface area contributed by atoms with E-state index < -0.39 is 5.60 Å². The number of likely N-dealkylation sites (N-methyl/N-ethyl adjacent to an activating group) is 1. The Labute approximate surface area is 101 Å². The molecule has 0 bridgehead atoms. The van der Waals surface area contributed by atoms with Crippen molar-refractivity contribution in [1.82, 2.24) is 4.90 Å². The van der Waals surface area contributed by atoms with Crippen LogP contribution in [0.2, 0.25) is 0 Å². The summed E-state index contributed by atoms with van der Waals surface area (Å²) in [7, 11) is 3.20. The quantitative estimate of drug-likeness (QED) is 0.806. The van der Waals surface area contributed by atoms with E-state index in [2.05, 4.69) is 0 Å². The Bertz CT molecular complexity index is 387. The number of benzene rings is 1. The molecule has 0 heterocycles. The molecule has 0 saturated heterocycles. The summed E-state index contributed by atoms with van der Waals surface area (Å²) < 4.78 is 17.9. The Morgan fingerprint density at radius 3 is 2.35 bits per heavy atom. The molecule has 3 nitrogen and oxygen atoms in total. The fourth-order valence-electron chi connectivity index (χ4n) is 1.48. The van der Waals surface area contributed by atoms with E-state index in [1.807, 2.05) is 0 Å². The first-order valence-corrected chi connectivity index (χ1v) is 5.42. The summed E-state index contributed by atoms with van der Waals surface area (Å²) in [6.07, 6.45) is 0. The summed E-state index contributed by atoms with van der Waals surface area (Å²) in [6, 6.07) is 6.10. The van der Waals surface area contributed by atoms with E-state index in [-0.39, 0.29) is 11.7 Å². The Kier molecular flexibility index (Phi) is 4.23. The van der Waals surface area contributed by atoms with Gasteiger partial charge >= 0.3 is 0 Å². The van der Waals surface area contributed by atoms with E-state index in [1.54, 1.807) is 37.9 Å². The van der Waals surface area contributed by atoms with Crippen molar-refractivity contribution < 1.29 is 13.9 Å². The summed E-state index contributed by atoms with van der Waals surface area (Å²) in [5.41, 5.74) is 0.0450. The van der Waals surface area contributed by atoms with Gasteiger partial charge in [-0.05, 0) is 31.5 Å². The molecule has 0 aliphatic carbocycles. The van der Waals surface area contributed by atoms with Gasteiger partial charge < -0.3 is 9.64 Å². The Morgan fingerprint density at radius 2 is 1.88 bits per heavy atom. The van der Waals surface area contributed by atoms with Crippen molar-refractivity contribution in [1.29, 1.82) is 0 Å². The number of hydrogen-bond donors (Lipinski definition) is 0. The maximum Gasteiger partial charge on any atom is 0.254 e. The van der Waals surface area contributed by atoms with Gasteiger partial charge in [0.2, 0.25) is 0 Å². The van der Waals surface area contributed by atoms with Gasteiger partial charge in [-0.15, -0.1) is 0 Å². The summed E-state index contributed by atoms with van der Waals surface area (Å²) in [6.45, 7) is 3.87. The lowest BCUT2D eigenvalue weighted by molar-refractivity contribution is -0.150. The molecule has 0 aromatic heterocycles. The lowest BCUT2D eigenvalue weighted by Gasteiger charge is -2.28. The molecule has 1 aromatic rings. The number of methoxy groups -OCH3 is 1. The van der Waals surface area contributed by atoms with E-state index >= 15 is 0 Å². The standard InChI is InChI=1S/C13H18FNO2/c1-13(2,17-4)12(16)15(3)9-10-5-7-11(14)8-6-10/h5-8H,9H2,1-4H3. The highest BCUT2D eigenvalue weighted by Gasteiger charge is 2.29. The largest absolute Gasteiger partial charge is 0.369 e. The highest BCUT2D eigenvalue weighted by molar-refractivity contribution is 5.84. The van der Waals surface area contributed by atoms with Crippen molar-refractivity contribution in [3.63, 3.8) is 0 Å². The second-order valence-electron chi connectivity index (χ2n) is 4.50. The second-order valence-corrected chi connectivity index (χ2v) is 4.50. The van der Waals surface area contributed by atoms with Crippen LogP contribution in [0.25, 0.3) is 0 Å². The van der Waals surface area contributed by atoms with E-state index in [9.17, 15) is 9.18 Å². The van der Waals surface area contributed by atoms with Crippen molar-refractivity contribution >= 4 is 5.91 Å². The van der Waals surface area contributed by atoms with E-state index in [0.29, 0.717) is 6.54 Å². The zero-order valence-corrected chi connectivity index (χ0v) is 10.7. The lowest BCUT2D eigenvalue weighted by atomic mass is 10.1. The van der Waals surface area contributed by atoms with Crippen molar-refractivity contribution in [2.75, 3.05) is 14.2 Å². The first-order chi connectivity index (χ1) is 7.86. The van der Waals surface area contributed by atoms with Gasteiger partial charge in [0.1, 0.15) is 11.4 Å². The molecule has 94 valence electrons. The first kappa shape index (κ1) is 13.6. The van der Waals surface area contributed by atoms with Gasteiger partial charge in [0.15, 0.2) is 0 Å². The minimum atomic E-state index is -0.839. The Morgan fingerprint density at radius 1 is 1.35 bits per heavy atom. The van der Waals surface area contributed by atoms with Gasteiger partial charge in [-0.1, -0.05) is 12.1 Å².